The van der Waals surface area contributed by atoms with Crippen LogP contribution < -0.4 is 5.73 Å². The summed E-state index contributed by atoms with van der Waals surface area (Å²) >= 11 is 4.97. The molecule has 1 aromatic carbocycles. The summed E-state index contributed by atoms with van der Waals surface area (Å²) in [7, 11) is 1.82. The van der Waals surface area contributed by atoms with Gasteiger partial charge < -0.3 is 15.4 Å². The second-order valence-corrected chi connectivity index (χ2v) is 5.61. The average Bonchev–Trinajstić information content (AvgIpc) is 2.47. The van der Waals surface area contributed by atoms with Gasteiger partial charge in [-0.2, -0.15) is 0 Å². The zero-order valence-electron chi connectivity index (χ0n) is 11.7. The van der Waals surface area contributed by atoms with Crippen LogP contribution in [0, 0.1) is 5.92 Å². The fourth-order valence-electron chi connectivity index (χ4n) is 2.42. The molecule has 1 aromatic rings. The van der Waals surface area contributed by atoms with Gasteiger partial charge in [-0.05, 0) is 24.5 Å². The number of rotatable bonds is 4. The third-order valence-electron chi connectivity index (χ3n) is 3.52. The number of nitrogens with zero attached hydrogens (tertiary/aromatic N) is 1. The van der Waals surface area contributed by atoms with Crippen molar-refractivity contribution in [3.05, 3.63) is 35.4 Å². The fourth-order valence-corrected chi connectivity index (χ4v) is 2.55. The van der Waals surface area contributed by atoms with E-state index in [4.69, 9.17) is 22.7 Å². The summed E-state index contributed by atoms with van der Waals surface area (Å²) < 4.78 is 5.37. The summed E-state index contributed by atoms with van der Waals surface area (Å²) in [5.41, 5.74) is 7.49. The van der Waals surface area contributed by atoms with Crippen molar-refractivity contribution in [1.82, 2.24) is 4.90 Å². The van der Waals surface area contributed by atoms with Crippen LogP contribution in [0.5, 0.6) is 0 Å². The van der Waals surface area contributed by atoms with E-state index in [1.54, 1.807) is 4.90 Å². The summed E-state index contributed by atoms with van der Waals surface area (Å²) in [6.45, 7) is 1.87. The number of hydrogen-bond acceptors (Lipinski definition) is 3. The summed E-state index contributed by atoms with van der Waals surface area (Å²) in [4.78, 5) is 14.4. The van der Waals surface area contributed by atoms with Crippen LogP contribution in [-0.2, 0) is 16.1 Å². The van der Waals surface area contributed by atoms with E-state index in [0.717, 1.165) is 30.6 Å². The molecule has 5 heteroatoms. The molecule has 1 aliphatic rings. The van der Waals surface area contributed by atoms with E-state index in [0.29, 0.717) is 18.1 Å². The lowest BCUT2D eigenvalue weighted by Crippen LogP contribution is -2.36. The van der Waals surface area contributed by atoms with Crippen LogP contribution in [0.1, 0.15) is 24.0 Å². The van der Waals surface area contributed by atoms with Crippen molar-refractivity contribution in [2.45, 2.75) is 19.4 Å². The Bertz CT molecular complexity index is 498. The third kappa shape index (κ3) is 3.77. The summed E-state index contributed by atoms with van der Waals surface area (Å²) in [6, 6.07) is 7.70. The highest BCUT2D eigenvalue weighted by Gasteiger charge is 2.24. The Hall–Kier alpha value is -1.46. The topological polar surface area (TPSA) is 55.6 Å². The number of carbonyl (C=O) groups excluding carboxylic acids is 1. The van der Waals surface area contributed by atoms with E-state index in [9.17, 15) is 4.79 Å². The Morgan fingerprint density at radius 2 is 2.35 bits per heavy atom. The average molecular weight is 292 g/mol. The number of ether oxygens (including phenoxy) is 1. The van der Waals surface area contributed by atoms with E-state index < -0.39 is 0 Å². The molecular weight excluding hydrogens is 272 g/mol. The molecule has 1 unspecified atom stereocenters. The van der Waals surface area contributed by atoms with Crippen LogP contribution in [0.15, 0.2) is 24.3 Å². The van der Waals surface area contributed by atoms with Gasteiger partial charge in [-0.25, -0.2) is 0 Å². The van der Waals surface area contributed by atoms with Crippen molar-refractivity contribution >= 4 is 23.1 Å². The lowest BCUT2D eigenvalue weighted by atomic mass is 10.0. The smallest absolute Gasteiger partial charge is 0.228 e. The summed E-state index contributed by atoms with van der Waals surface area (Å²) in [6.07, 6.45) is 1.87. The lowest BCUT2D eigenvalue weighted by molar-refractivity contribution is -0.138. The molecule has 1 amide bonds. The van der Waals surface area contributed by atoms with Crippen molar-refractivity contribution in [2.75, 3.05) is 20.3 Å². The second kappa shape index (κ2) is 6.81. The van der Waals surface area contributed by atoms with Gasteiger partial charge in [0.05, 0.1) is 12.5 Å². The molecule has 0 saturated carbocycles. The summed E-state index contributed by atoms with van der Waals surface area (Å²) in [5.74, 6) is 0.137. The Morgan fingerprint density at radius 3 is 3.00 bits per heavy atom. The number of hydrogen-bond donors (Lipinski definition) is 1. The molecule has 0 aromatic heterocycles. The monoisotopic (exact) mass is 292 g/mol. The van der Waals surface area contributed by atoms with E-state index in [1.807, 2.05) is 31.3 Å². The quantitative estimate of drug-likeness (QED) is 0.858. The normalized spacial score (nSPS) is 18.6. The summed E-state index contributed by atoms with van der Waals surface area (Å²) in [5, 5.41) is 0. The molecule has 4 nitrogen and oxygen atoms in total. The standard InChI is InChI=1S/C15H20N2O2S/c1-17(15(18)13-6-3-7-19-10-13)9-11-4-2-5-12(8-11)14(16)20/h2,4-5,8,13H,3,6-7,9-10H2,1H3,(H2,16,20). The van der Waals surface area contributed by atoms with Gasteiger partial charge in [0, 0.05) is 25.8 Å². The van der Waals surface area contributed by atoms with Gasteiger partial charge in [-0.1, -0.05) is 30.4 Å². The van der Waals surface area contributed by atoms with Gasteiger partial charge in [0.25, 0.3) is 0 Å². The first-order valence-corrected chi connectivity index (χ1v) is 7.20. The second-order valence-electron chi connectivity index (χ2n) is 5.17. The van der Waals surface area contributed by atoms with Crippen LogP contribution in [0.4, 0.5) is 0 Å². The zero-order valence-corrected chi connectivity index (χ0v) is 12.5. The molecule has 0 aliphatic carbocycles. The maximum atomic E-state index is 12.3. The molecule has 2 rings (SSSR count). The molecule has 1 heterocycles. The highest BCUT2D eigenvalue weighted by atomic mass is 32.1. The lowest BCUT2D eigenvalue weighted by Gasteiger charge is -2.26. The number of amides is 1. The van der Waals surface area contributed by atoms with Crippen molar-refractivity contribution in [3.8, 4) is 0 Å². The van der Waals surface area contributed by atoms with Crippen LogP contribution in [0.2, 0.25) is 0 Å². The van der Waals surface area contributed by atoms with Crippen LogP contribution in [-0.4, -0.2) is 36.1 Å². The first kappa shape index (κ1) is 14.9. The van der Waals surface area contributed by atoms with Gasteiger partial charge in [0.1, 0.15) is 4.99 Å². The van der Waals surface area contributed by atoms with Crippen LogP contribution >= 0.6 is 12.2 Å². The highest BCUT2D eigenvalue weighted by molar-refractivity contribution is 7.80. The van der Waals surface area contributed by atoms with Gasteiger partial charge >= 0.3 is 0 Å². The predicted octanol–water partition coefficient (Wildman–Crippen LogP) is 1.71. The molecule has 1 fully saturated rings. The minimum atomic E-state index is -0.00693. The Kier molecular flexibility index (Phi) is 5.09. The van der Waals surface area contributed by atoms with E-state index >= 15 is 0 Å². The first-order valence-electron chi connectivity index (χ1n) is 6.79. The van der Waals surface area contributed by atoms with Gasteiger partial charge in [0.15, 0.2) is 0 Å². The fraction of sp³-hybridized carbons (Fsp3) is 0.467. The molecule has 0 spiro atoms. The molecule has 2 N–H and O–H groups in total. The molecule has 1 saturated heterocycles. The van der Waals surface area contributed by atoms with E-state index in [-0.39, 0.29) is 11.8 Å². The van der Waals surface area contributed by atoms with Crippen molar-refractivity contribution in [1.29, 1.82) is 0 Å². The molecule has 1 atom stereocenters. The van der Waals surface area contributed by atoms with E-state index in [1.165, 1.54) is 0 Å². The zero-order chi connectivity index (χ0) is 14.5. The first-order chi connectivity index (χ1) is 9.58. The minimum absolute atomic E-state index is 0.00693. The van der Waals surface area contributed by atoms with Crippen LogP contribution in [0.3, 0.4) is 0 Å². The predicted molar refractivity (Wildman–Crippen MR) is 82.3 cm³/mol. The minimum Gasteiger partial charge on any atom is -0.389 e. The maximum Gasteiger partial charge on any atom is 0.228 e. The van der Waals surface area contributed by atoms with Crippen molar-refractivity contribution < 1.29 is 9.53 Å². The number of thiocarbonyl (C=S) groups is 1. The van der Waals surface area contributed by atoms with Crippen molar-refractivity contribution in [2.24, 2.45) is 11.7 Å². The number of benzene rings is 1. The molecule has 0 bridgehead atoms. The van der Waals surface area contributed by atoms with Gasteiger partial charge in [-0.15, -0.1) is 0 Å². The van der Waals surface area contributed by atoms with E-state index in [2.05, 4.69) is 0 Å². The molecule has 1 aliphatic heterocycles. The largest absolute Gasteiger partial charge is 0.389 e. The van der Waals surface area contributed by atoms with Gasteiger partial charge in [-0.3, -0.25) is 4.79 Å². The number of nitrogens with two attached hydrogens (primary N) is 1. The molecule has 108 valence electrons. The Labute approximate surface area is 124 Å². The molecule has 20 heavy (non-hydrogen) atoms. The van der Waals surface area contributed by atoms with Crippen molar-refractivity contribution in [3.63, 3.8) is 0 Å². The highest BCUT2D eigenvalue weighted by Crippen LogP contribution is 2.17. The molecule has 0 radical (unpaired) electrons. The Morgan fingerprint density at radius 1 is 1.55 bits per heavy atom. The SMILES string of the molecule is CN(Cc1cccc(C(N)=S)c1)C(=O)C1CCCOC1. The third-order valence-corrected chi connectivity index (χ3v) is 3.75. The molecular formula is C15H20N2O2S. The van der Waals surface area contributed by atoms with Gasteiger partial charge in [0.2, 0.25) is 5.91 Å². The van der Waals surface area contributed by atoms with Crippen LogP contribution in [0.25, 0.3) is 0 Å². The maximum absolute atomic E-state index is 12.3. The number of carbonyl (C=O) groups is 1. The Balaban J connectivity index is 1.99.